The zero-order valence-corrected chi connectivity index (χ0v) is 7.79. The molecule has 1 fully saturated rings. The predicted molar refractivity (Wildman–Crippen MR) is 55.3 cm³/mol. The maximum atomic E-state index is 6.00. The molecule has 0 aliphatic heterocycles. The number of rotatable bonds is 3. The number of nitrogen functional groups attached to an aromatic ring is 1. The Labute approximate surface area is 78.9 Å². The molecule has 4 N–H and O–H groups in total. The van der Waals surface area contributed by atoms with Crippen LogP contribution in [0.4, 0.5) is 5.69 Å². The van der Waals surface area contributed by atoms with Gasteiger partial charge in [-0.1, -0.05) is 12.1 Å². The molecule has 1 aromatic rings. The van der Waals surface area contributed by atoms with Gasteiger partial charge in [0.2, 0.25) is 0 Å². The molecule has 0 heterocycles. The molecule has 0 unspecified atom stereocenters. The topological polar surface area (TPSA) is 52.0 Å². The first-order valence-corrected chi connectivity index (χ1v) is 4.81. The van der Waals surface area contributed by atoms with E-state index in [0.29, 0.717) is 0 Å². The number of nitrogens with two attached hydrogens (primary N) is 2. The van der Waals surface area contributed by atoms with E-state index in [9.17, 15) is 0 Å². The van der Waals surface area contributed by atoms with Crippen LogP contribution >= 0.6 is 0 Å². The molecule has 0 spiro atoms. The summed E-state index contributed by atoms with van der Waals surface area (Å²) in [7, 11) is 0. The first-order chi connectivity index (χ1) is 6.18. The van der Waals surface area contributed by atoms with Crippen molar-refractivity contribution in [1.29, 1.82) is 0 Å². The zero-order valence-electron chi connectivity index (χ0n) is 7.79. The van der Waals surface area contributed by atoms with E-state index >= 15 is 0 Å². The molecular formula is C11H16N2. The third-order valence-corrected chi connectivity index (χ3v) is 2.78. The Kier molecular flexibility index (Phi) is 2.00. The fraction of sp³-hybridized carbons (Fsp3) is 0.455. The van der Waals surface area contributed by atoms with E-state index in [1.807, 2.05) is 12.1 Å². The van der Waals surface area contributed by atoms with Crippen molar-refractivity contribution >= 4 is 5.69 Å². The van der Waals surface area contributed by atoms with E-state index in [2.05, 4.69) is 12.1 Å². The van der Waals surface area contributed by atoms with Crippen LogP contribution in [0.2, 0.25) is 0 Å². The lowest BCUT2D eigenvalue weighted by Crippen LogP contribution is -2.22. The first kappa shape index (κ1) is 8.57. The summed E-state index contributed by atoms with van der Waals surface area (Å²) in [6.07, 6.45) is 4.58. The molecule has 0 atom stereocenters. The minimum Gasteiger partial charge on any atom is -0.399 e. The monoisotopic (exact) mass is 176 g/mol. The van der Waals surface area contributed by atoms with Gasteiger partial charge in [0.05, 0.1) is 0 Å². The van der Waals surface area contributed by atoms with Crippen molar-refractivity contribution in [3.05, 3.63) is 29.8 Å². The molecule has 1 aliphatic rings. The number of benzene rings is 1. The Balaban J connectivity index is 1.91. The number of hydrogen-bond acceptors (Lipinski definition) is 2. The normalized spacial score (nSPS) is 18.5. The first-order valence-electron chi connectivity index (χ1n) is 4.81. The molecule has 1 aliphatic carbocycles. The summed E-state index contributed by atoms with van der Waals surface area (Å²) in [5, 5.41) is 0. The van der Waals surface area contributed by atoms with Gasteiger partial charge in [0.15, 0.2) is 0 Å². The molecule has 1 saturated carbocycles. The van der Waals surface area contributed by atoms with Gasteiger partial charge in [-0.3, -0.25) is 0 Å². The van der Waals surface area contributed by atoms with Crippen molar-refractivity contribution < 1.29 is 0 Å². The Hall–Kier alpha value is -1.02. The van der Waals surface area contributed by atoms with Crippen molar-refractivity contribution in [1.82, 2.24) is 0 Å². The van der Waals surface area contributed by atoms with Crippen LogP contribution in [0.3, 0.4) is 0 Å². The van der Waals surface area contributed by atoms with Crippen molar-refractivity contribution in [3.8, 4) is 0 Å². The Morgan fingerprint density at radius 3 is 2.31 bits per heavy atom. The summed E-state index contributed by atoms with van der Waals surface area (Å²) in [6.45, 7) is 0. The smallest absolute Gasteiger partial charge is 0.0314 e. The highest BCUT2D eigenvalue weighted by Gasteiger charge is 2.37. The molecule has 0 amide bonds. The van der Waals surface area contributed by atoms with Gasteiger partial charge in [-0.25, -0.2) is 0 Å². The van der Waals surface area contributed by atoms with Gasteiger partial charge in [-0.15, -0.1) is 0 Å². The molecule has 2 heteroatoms. The van der Waals surface area contributed by atoms with Gasteiger partial charge in [0.1, 0.15) is 0 Å². The van der Waals surface area contributed by atoms with E-state index in [4.69, 9.17) is 11.5 Å². The van der Waals surface area contributed by atoms with E-state index in [0.717, 1.165) is 18.5 Å². The van der Waals surface area contributed by atoms with Crippen molar-refractivity contribution in [2.75, 3.05) is 5.73 Å². The van der Waals surface area contributed by atoms with E-state index in [1.165, 1.54) is 18.4 Å². The average molecular weight is 176 g/mol. The van der Waals surface area contributed by atoms with Gasteiger partial charge in [-0.05, 0) is 43.4 Å². The third-order valence-electron chi connectivity index (χ3n) is 2.78. The molecule has 2 nitrogen and oxygen atoms in total. The maximum Gasteiger partial charge on any atom is 0.0314 e. The second-order valence-corrected chi connectivity index (χ2v) is 4.10. The Morgan fingerprint density at radius 1 is 1.15 bits per heavy atom. The second kappa shape index (κ2) is 3.04. The van der Waals surface area contributed by atoms with Crippen LogP contribution in [0.15, 0.2) is 24.3 Å². The minimum absolute atomic E-state index is 0.168. The number of anilines is 1. The van der Waals surface area contributed by atoms with Gasteiger partial charge >= 0.3 is 0 Å². The zero-order chi connectivity index (χ0) is 9.31. The third kappa shape index (κ3) is 2.22. The van der Waals surface area contributed by atoms with Crippen LogP contribution in [0.5, 0.6) is 0 Å². The van der Waals surface area contributed by atoms with Crippen LogP contribution < -0.4 is 11.5 Å². The molecule has 1 aromatic carbocycles. The SMILES string of the molecule is Nc1ccc(CCC2(N)CC2)cc1. The van der Waals surface area contributed by atoms with Crippen molar-refractivity contribution in [2.45, 2.75) is 31.2 Å². The van der Waals surface area contributed by atoms with Crippen LogP contribution in [-0.4, -0.2) is 5.54 Å². The molecule has 13 heavy (non-hydrogen) atoms. The molecule has 0 saturated heterocycles. The lowest BCUT2D eigenvalue weighted by molar-refractivity contribution is 0.609. The maximum absolute atomic E-state index is 6.00. The quantitative estimate of drug-likeness (QED) is 0.689. The van der Waals surface area contributed by atoms with Crippen LogP contribution in [0.25, 0.3) is 0 Å². The summed E-state index contributed by atoms with van der Waals surface area (Å²) in [5.74, 6) is 0. The van der Waals surface area contributed by atoms with Gasteiger partial charge in [0, 0.05) is 11.2 Å². The highest BCUT2D eigenvalue weighted by molar-refractivity contribution is 5.39. The van der Waals surface area contributed by atoms with Crippen molar-refractivity contribution in [2.24, 2.45) is 5.73 Å². The summed E-state index contributed by atoms with van der Waals surface area (Å²) in [4.78, 5) is 0. The van der Waals surface area contributed by atoms with Gasteiger partial charge < -0.3 is 11.5 Å². The minimum atomic E-state index is 0.168. The molecule has 0 aromatic heterocycles. The highest BCUT2D eigenvalue weighted by atomic mass is 14.8. The van der Waals surface area contributed by atoms with E-state index in [-0.39, 0.29) is 5.54 Å². The molecular weight excluding hydrogens is 160 g/mol. The molecule has 70 valence electrons. The standard InChI is InChI=1S/C11H16N2/c12-10-3-1-9(2-4-10)5-6-11(13)7-8-11/h1-4H,5-8,12-13H2. The average Bonchev–Trinajstić information content (AvgIpc) is 2.84. The lowest BCUT2D eigenvalue weighted by Gasteiger charge is -2.07. The van der Waals surface area contributed by atoms with E-state index in [1.54, 1.807) is 0 Å². The van der Waals surface area contributed by atoms with Crippen LogP contribution in [0, 0.1) is 0 Å². The van der Waals surface area contributed by atoms with Crippen molar-refractivity contribution in [3.63, 3.8) is 0 Å². The predicted octanol–water partition coefficient (Wildman–Crippen LogP) is 1.69. The Bertz CT molecular complexity index is 285. The molecule has 0 radical (unpaired) electrons. The Morgan fingerprint density at radius 2 is 1.77 bits per heavy atom. The summed E-state index contributed by atoms with van der Waals surface area (Å²) in [6, 6.07) is 8.07. The highest BCUT2D eigenvalue weighted by Crippen LogP contribution is 2.36. The fourth-order valence-electron chi connectivity index (χ4n) is 1.49. The van der Waals surface area contributed by atoms with Gasteiger partial charge in [0.25, 0.3) is 0 Å². The summed E-state index contributed by atoms with van der Waals surface area (Å²) < 4.78 is 0. The molecule has 2 rings (SSSR count). The molecule has 0 bridgehead atoms. The second-order valence-electron chi connectivity index (χ2n) is 4.10. The number of aryl methyl sites for hydroxylation is 1. The van der Waals surface area contributed by atoms with E-state index < -0.39 is 0 Å². The summed E-state index contributed by atoms with van der Waals surface area (Å²) in [5.41, 5.74) is 13.9. The van der Waals surface area contributed by atoms with Crippen LogP contribution in [0.1, 0.15) is 24.8 Å². The fourth-order valence-corrected chi connectivity index (χ4v) is 1.49. The number of hydrogen-bond donors (Lipinski definition) is 2. The lowest BCUT2D eigenvalue weighted by atomic mass is 10.0. The van der Waals surface area contributed by atoms with Crippen LogP contribution in [-0.2, 0) is 6.42 Å². The van der Waals surface area contributed by atoms with Gasteiger partial charge in [-0.2, -0.15) is 0 Å². The summed E-state index contributed by atoms with van der Waals surface area (Å²) >= 11 is 0. The largest absolute Gasteiger partial charge is 0.399 e.